The predicted octanol–water partition coefficient (Wildman–Crippen LogP) is 0.914. The summed E-state index contributed by atoms with van der Waals surface area (Å²) < 4.78 is 8.24. The van der Waals surface area contributed by atoms with Crippen LogP contribution in [-0.2, 0) is 13.1 Å². The predicted molar refractivity (Wildman–Crippen MR) is 110 cm³/mol. The highest BCUT2D eigenvalue weighted by molar-refractivity contribution is 5.96. The standard InChI is InChI=1S/C20H24N6O3/c1-3-25-18-16(23-20(25)24-10-8-21-9-11-24)12-22-26(19(18)28)13-17(27)14-4-6-15(29-2)7-5-14/h4-7,12,21H,3,8-11,13H2,1-2H3. The van der Waals surface area contributed by atoms with Gasteiger partial charge in [0, 0.05) is 38.3 Å². The Balaban J connectivity index is 1.67. The molecule has 1 aliphatic heterocycles. The Hall–Kier alpha value is -3.20. The summed E-state index contributed by atoms with van der Waals surface area (Å²) in [6.45, 7) is 5.90. The molecule has 0 spiro atoms. The number of piperazine rings is 1. The molecule has 1 aliphatic rings. The molecule has 1 saturated heterocycles. The number of imidazole rings is 1. The number of methoxy groups -OCH3 is 1. The van der Waals surface area contributed by atoms with Crippen molar-refractivity contribution >= 4 is 22.8 Å². The van der Waals surface area contributed by atoms with Crippen molar-refractivity contribution in [3.05, 3.63) is 46.4 Å². The van der Waals surface area contributed by atoms with Gasteiger partial charge in [-0.15, -0.1) is 0 Å². The molecule has 3 aromatic rings. The molecule has 2 aromatic heterocycles. The van der Waals surface area contributed by atoms with Gasteiger partial charge in [0.25, 0.3) is 5.56 Å². The number of anilines is 1. The third-order valence-corrected chi connectivity index (χ3v) is 5.15. The van der Waals surface area contributed by atoms with Crippen molar-refractivity contribution in [1.82, 2.24) is 24.6 Å². The van der Waals surface area contributed by atoms with E-state index in [0.717, 1.165) is 32.1 Å². The highest BCUT2D eigenvalue weighted by atomic mass is 16.5. The maximum atomic E-state index is 13.1. The first kappa shape index (κ1) is 19.1. The Kier molecular flexibility index (Phi) is 5.30. The van der Waals surface area contributed by atoms with Gasteiger partial charge in [-0.3, -0.25) is 9.59 Å². The van der Waals surface area contributed by atoms with Crippen LogP contribution in [0.4, 0.5) is 5.95 Å². The number of ketones is 1. The molecule has 3 heterocycles. The molecule has 1 aromatic carbocycles. The van der Waals surface area contributed by atoms with Gasteiger partial charge in [0.05, 0.1) is 13.3 Å². The molecule has 4 rings (SSSR count). The van der Waals surface area contributed by atoms with Gasteiger partial charge in [-0.1, -0.05) is 0 Å². The zero-order chi connectivity index (χ0) is 20.4. The van der Waals surface area contributed by atoms with Gasteiger partial charge < -0.3 is 19.5 Å². The van der Waals surface area contributed by atoms with E-state index in [1.807, 2.05) is 11.5 Å². The van der Waals surface area contributed by atoms with Gasteiger partial charge in [0.1, 0.15) is 23.3 Å². The van der Waals surface area contributed by atoms with Crippen molar-refractivity contribution < 1.29 is 9.53 Å². The molecule has 0 amide bonds. The van der Waals surface area contributed by atoms with E-state index in [0.29, 0.717) is 28.9 Å². The lowest BCUT2D eigenvalue weighted by Gasteiger charge is -2.28. The molecular formula is C20H24N6O3. The Bertz CT molecular complexity index is 1080. The van der Waals surface area contributed by atoms with Crippen LogP contribution in [0.5, 0.6) is 5.75 Å². The molecule has 152 valence electrons. The average Bonchev–Trinajstić information content (AvgIpc) is 3.15. The smallest absolute Gasteiger partial charge is 0.293 e. The van der Waals surface area contributed by atoms with Crippen LogP contribution >= 0.6 is 0 Å². The molecular weight excluding hydrogens is 372 g/mol. The van der Waals surface area contributed by atoms with Gasteiger partial charge in [0.15, 0.2) is 5.78 Å². The van der Waals surface area contributed by atoms with Gasteiger partial charge >= 0.3 is 0 Å². The van der Waals surface area contributed by atoms with Crippen molar-refractivity contribution in [3.8, 4) is 5.75 Å². The van der Waals surface area contributed by atoms with E-state index >= 15 is 0 Å². The van der Waals surface area contributed by atoms with E-state index in [9.17, 15) is 9.59 Å². The fraction of sp³-hybridized carbons (Fsp3) is 0.400. The summed E-state index contributed by atoms with van der Waals surface area (Å²) in [4.78, 5) is 32.6. The minimum Gasteiger partial charge on any atom is -0.497 e. The molecule has 0 aliphatic carbocycles. The maximum Gasteiger partial charge on any atom is 0.293 e. The second-order valence-electron chi connectivity index (χ2n) is 6.89. The third-order valence-electron chi connectivity index (χ3n) is 5.15. The van der Waals surface area contributed by atoms with Gasteiger partial charge in [-0.05, 0) is 31.2 Å². The van der Waals surface area contributed by atoms with Crippen LogP contribution in [-0.4, -0.2) is 58.4 Å². The van der Waals surface area contributed by atoms with Crippen LogP contribution in [0.2, 0.25) is 0 Å². The van der Waals surface area contributed by atoms with E-state index < -0.39 is 0 Å². The summed E-state index contributed by atoms with van der Waals surface area (Å²) in [6, 6.07) is 6.81. The summed E-state index contributed by atoms with van der Waals surface area (Å²) >= 11 is 0. The Morgan fingerprint density at radius 2 is 1.93 bits per heavy atom. The molecule has 0 atom stereocenters. The highest BCUT2D eigenvalue weighted by Gasteiger charge is 2.21. The largest absolute Gasteiger partial charge is 0.497 e. The van der Waals surface area contributed by atoms with Crippen LogP contribution in [0.3, 0.4) is 0 Å². The summed E-state index contributed by atoms with van der Waals surface area (Å²) in [6.07, 6.45) is 1.57. The van der Waals surface area contributed by atoms with Crippen LogP contribution in [0, 0.1) is 0 Å². The number of aromatic nitrogens is 4. The first-order chi connectivity index (χ1) is 14.1. The molecule has 0 unspecified atom stereocenters. The molecule has 0 bridgehead atoms. The quantitative estimate of drug-likeness (QED) is 0.619. The molecule has 1 fully saturated rings. The number of carbonyl (C=O) groups is 1. The molecule has 1 N–H and O–H groups in total. The lowest BCUT2D eigenvalue weighted by Crippen LogP contribution is -2.44. The average molecular weight is 396 g/mol. The number of aryl methyl sites for hydroxylation is 1. The molecule has 9 heteroatoms. The number of nitrogens with one attached hydrogen (secondary N) is 1. The fourth-order valence-corrected chi connectivity index (χ4v) is 3.60. The lowest BCUT2D eigenvalue weighted by molar-refractivity contribution is 0.0966. The second kappa shape index (κ2) is 8.04. The summed E-state index contributed by atoms with van der Waals surface area (Å²) in [5, 5.41) is 7.51. The number of nitrogens with zero attached hydrogens (tertiary/aromatic N) is 5. The number of fused-ring (bicyclic) bond motifs is 1. The topological polar surface area (TPSA) is 94.3 Å². The SMILES string of the molecule is CCn1c(N2CCNCC2)nc2cnn(CC(=O)c3ccc(OC)cc3)c(=O)c21. The number of rotatable bonds is 6. The minimum atomic E-state index is -0.305. The zero-order valence-corrected chi connectivity index (χ0v) is 16.6. The third kappa shape index (κ3) is 3.61. The number of Topliss-reactive ketones (excluding diaryl/α,β-unsaturated/α-hetero) is 1. The van der Waals surface area contributed by atoms with Gasteiger partial charge in [0.2, 0.25) is 5.95 Å². The van der Waals surface area contributed by atoms with E-state index in [4.69, 9.17) is 4.74 Å². The van der Waals surface area contributed by atoms with Crippen LogP contribution in [0.1, 0.15) is 17.3 Å². The molecule has 0 radical (unpaired) electrons. The van der Waals surface area contributed by atoms with Crippen molar-refractivity contribution in [2.75, 3.05) is 38.2 Å². The first-order valence-corrected chi connectivity index (χ1v) is 9.71. The van der Waals surface area contributed by atoms with E-state index in [2.05, 4.69) is 20.3 Å². The molecule has 9 nitrogen and oxygen atoms in total. The normalized spacial score (nSPS) is 14.3. The zero-order valence-electron chi connectivity index (χ0n) is 16.6. The van der Waals surface area contributed by atoms with Crippen LogP contribution in [0.15, 0.2) is 35.3 Å². The first-order valence-electron chi connectivity index (χ1n) is 9.71. The Labute approximate surface area is 167 Å². The molecule has 29 heavy (non-hydrogen) atoms. The van der Waals surface area contributed by atoms with Gasteiger partial charge in [-0.2, -0.15) is 5.10 Å². The molecule has 0 saturated carbocycles. The van der Waals surface area contributed by atoms with E-state index in [1.165, 1.54) is 4.68 Å². The number of hydrogen-bond acceptors (Lipinski definition) is 7. The van der Waals surface area contributed by atoms with Gasteiger partial charge in [-0.25, -0.2) is 9.67 Å². The van der Waals surface area contributed by atoms with Crippen molar-refractivity contribution in [1.29, 1.82) is 0 Å². The number of benzene rings is 1. The Morgan fingerprint density at radius 3 is 2.59 bits per heavy atom. The Morgan fingerprint density at radius 1 is 1.21 bits per heavy atom. The number of hydrogen-bond donors (Lipinski definition) is 1. The maximum absolute atomic E-state index is 13.1. The van der Waals surface area contributed by atoms with Crippen LogP contribution < -0.4 is 20.5 Å². The fourth-order valence-electron chi connectivity index (χ4n) is 3.60. The monoisotopic (exact) mass is 396 g/mol. The van der Waals surface area contributed by atoms with Crippen LogP contribution in [0.25, 0.3) is 11.0 Å². The summed E-state index contributed by atoms with van der Waals surface area (Å²) in [5.74, 6) is 1.26. The van der Waals surface area contributed by atoms with Crippen molar-refractivity contribution in [2.45, 2.75) is 20.0 Å². The van der Waals surface area contributed by atoms with Crippen molar-refractivity contribution in [3.63, 3.8) is 0 Å². The second-order valence-corrected chi connectivity index (χ2v) is 6.89. The number of ether oxygens (including phenoxy) is 1. The number of carbonyl (C=O) groups excluding carboxylic acids is 1. The van der Waals surface area contributed by atoms with E-state index in [-0.39, 0.29) is 17.9 Å². The lowest BCUT2D eigenvalue weighted by atomic mass is 10.1. The minimum absolute atomic E-state index is 0.126. The van der Waals surface area contributed by atoms with Crippen molar-refractivity contribution in [2.24, 2.45) is 0 Å². The summed E-state index contributed by atoms with van der Waals surface area (Å²) in [5.41, 5.74) is 1.24. The van der Waals surface area contributed by atoms with E-state index in [1.54, 1.807) is 37.6 Å². The highest BCUT2D eigenvalue weighted by Crippen LogP contribution is 2.20. The summed E-state index contributed by atoms with van der Waals surface area (Å²) in [7, 11) is 1.57.